The Morgan fingerprint density at radius 1 is 1.42 bits per heavy atom. The van der Waals surface area contributed by atoms with E-state index in [2.05, 4.69) is 18.6 Å². The molecule has 0 aliphatic rings. The fraction of sp³-hybridized carbons (Fsp3) is 0.900. The molecule has 0 N–H and O–H groups in total. The molecule has 0 aromatic rings. The fourth-order valence-corrected chi connectivity index (χ4v) is 1.51. The molecule has 0 radical (unpaired) electrons. The van der Waals surface area contributed by atoms with Gasteiger partial charge in [0.2, 0.25) is 0 Å². The lowest BCUT2D eigenvalue weighted by atomic mass is 9.94. The number of esters is 1. The Morgan fingerprint density at radius 2 is 2.00 bits per heavy atom. The Bertz CT molecular complexity index is 132. The van der Waals surface area contributed by atoms with Crippen LogP contribution in [0.5, 0.6) is 0 Å². The van der Waals surface area contributed by atoms with Crippen molar-refractivity contribution in [3.63, 3.8) is 0 Å². The minimum absolute atomic E-state index is 0.0524. The quantitative estimate of drug-likeness (QED) is 0.596. The molecule has 0 rings (SSSR count). The van der Waals surface area contributed by atoms with E-state index >= 15 is 0 Å². The lowest BCUT2D eigenvalue weighted by Gasteiger charge is -2.14. The van der Waals surface area contributed by atoms with E-state index in [1.54, 1.807) is 0 Å². The molecule has 0 bridgehead atoms. The Kier molecular flexibility index (Phi) is 5.77. The van der Waals surface area contributed by atoms with Crippen LogP contribution in [0.4, 0.5) is 0 Å². The molecular formula is C10H20O2. The summed E-state index contributed by atoms with van der Waals surface area (Å²) in [6.07, 6.45) is 3.33. The van der Waals surface area contributed by atoms with Gasteiger partial charge in [-0.1, -0.05) is 33.6 Å². The molecule has 0 aromatic heterocycles. The Balaban J connectivity index is 3.67. The molecule has 0 saturated heterocycles. The first kappa shape index (κ1) is 11.5. The van der Waals surface area contributed by atoms with Crippen LogP contribution in [0.1, 0.15) is 40.0 Å². The molecule has 0 saturated carbocycles. The molecule has 2 atom stereocenters. The monoisotopic (exact) mass is 172 g/mol. The number of rotatable bonds is 5. The van der Waals surface area contributed by atoms with Gasteiger partial charge in [0.15, 0.2) is 0 Å². The van der Waals surface area contributed by atoms with Crippen LogP contribution in [0, 0.1) is 11.8 Å². The van der Waals surface area contributed by atoms with E-state index in [4.69, 9.17) is 0 Å². The third kappa shape index (κ3) is 4.37. The molecule has 0 unspecified atom stereocenters. The van der Waals surface area contributed by atoms with Gasteiger partial charge in [-0.2, -0.15) is 0 Å². The summed E-state index contributed by atoms with van der Waals surface area (Å²) >= 11 is 0. The summed E-state index contributed by atoms with van der Waals surface area (Å²) in [5.74, 6) is 0.596. The molecule has 0 aromatic carbocycles. The second kappa shape index (κ2) is 6.04. The molecule has 2 heteroatoms. The summed E-state index contributed by atoms with van der Waals surface area (Å²) in [7, 11) is 1.45. The molecule has 72 valence electrons. The molecular weight excluding hydrogens is 152 g/mol. The van der Waals surface area contributed by atoms with Crippen LogP contribution in [0.2, 0.25) is 0 Å². The summed E-state index contributed by atoms with van der Waals surface area (Å²) in [4.78, 5) is 11.0. The standard InChI is InChI=1S/C10H20O2/c1-5-6-8(2)7-9(3)10(11)12-4/h8-9H,5-7H2,1-4H3/t8-,9-/m0/s1. The third-order valence-corrected chi connectivity index (χ3v) is 2.14. The van der Waals surface area contributed by atoms with Crippen molar-refractivity contribution in [2.75, 3.05) is 7.11 Å². The molecule has 0 heterocycles. The SMILES string of the molecule is CCC[C@H](C)C[C@H](C)C(=O)OC. The molecule has 0 fully saturated rings. The second-order valence-corrected chi connectivity index (χ2v) is 3.55. The van der Waals surface area contributed by atoms with Crippen molar-refractivity contribution in [3.05, 3.63) is 0 Å². The molecule has 0 aliphatic heterocycles. The Hall–Kier alpha value is -0.530. The molecule has 0 aliphatic carbocycles. The number of hydrogen-bond acceptors (Lipinski definition) is 2. The highest BCUT2D eigenvalue weighted by atomic mass is 16.5. The van der Waals surface area contributed by atoms with Gasteiger partial charge in [-0.15, -0.1) is 0 Å². The minimum Gasteiger partial charge on any atom is -0.469 e. The van der Waals surface area contributed by atoms with Crippen LogP contribution in [0.3, 0.4) is 0 Å². The van der Waals surface area contributed by atoms with Crippen LogP contribution < -0.4 is 0 Å². The summed E-state index contributed by atoms with van der Waals surface area (Å²) in [5, 5.41) is 0. The van der Waals surface area contributed by atoms with Gasteiger partial charge in [0.1, 0.15) is 0 Å². The summed E-state index contributed by atoms with van der Waals surface area (Å²) < 4.78 is 4.65. The van der Waals surface area contributed by atoms with Crippen LogP contribution in [0.25, 0.3) is 0 Å². The van der Waals surface area contributed by atoms with E-state index in [-0.39, 0.29) is 11.9 Å². The Labute approximate surface area is 75.3 Å². The van der Waals surface area contributed by atoms with E-state index in [0.717, 1.165) is 6.42 Å². The maximum Gasteiger partial charge on any atom is 0.308 e. The molecule has 0 amide bonds. The van der Waals surface area contributed by atoms with E-state index in [1.165, 1.54) is 20.0 Å². The number of methoxy groups -OCH3 is 1. The number of carbonyl (C=O) groups is 1. The second-order valence-electron chi connectivity index (χ2n) is 3.55. The summed E-state index contributed by atoms with van der Waals surface area (Å²) in [5.41, 5.74) is 0. The van der Waals surface area contributed by atoms with Gasteiger partial charge in [-0.25, -0.2) is 0 Å². The number of ether oxygens (including phenoxy) is 1. The van der Waals surface area contributed by atoms with Gasteiger partial charge in [0, 0.05) is 0 Å². The van der Waals surface area contributed by atoms with Gasteiger partial charge >= 0.3 is 5.97 Å². The van der Waals surface area contributed by atoms with Gasteiger partial charge in [-0.05, 0) is 12.3 Å². The highest BCUT2D eigenvalue weighted by Crippen LogP contribution is 2.17. The average molecular weight is 172 g/mol. The minimum atomic E-state index is -0.0852. The van der Waals surface area contributed by atoms with Crippen molar-refractivity contribution in [1.82, 2.24) is 0 Å². The highest BCUT2D eigenvalue weighted by molar-refractivity contribution is 5.71. The van der Waals surface area contributed by atoms with E-state index < -0.39 is 0 Å². The van der Waals surface area contributed by atoms with Gasteiger partial charge < -0.3 is 4.74 Å². The number of hydrogen-bond donors (Lipinski definition) is 0. The lowest BCUT2D eigenvalue weighted by molar-refractivity contribution is -0.145. The maximum atomic E-state index is 11.0. The fourth-order valence-electron chi connectivity index (χ4n) is 1.51. The van der Waals surface area contributed by atoms with Gasteiger partial charge in [0.25, 0.3) is 0 Å². The first-order valence-corrected chi connectivity index (χ1v) is 4.69. The van der Waals surface area contributed by atoms with Crippen molar-refractivity contribution in [1.29, 1.82) is 0 Å². The molecule has 12 heavy (non-hydrogen) atoms. The molecule has 0 spiro atoms. The van der Waals surface area contributed by atoms with Crippen molar-refractivity contribution in [3.8, 4) is 0 Å². The average Bonchev–Trinajstić information content (AvgIpc) is 2.03. The van der Waals surface area contributed by atoms with Crippen LogP contribution >= 0.6 is 0 Å². The topological polar surface area (TPSA) is 26.3 Å². The zero-order chi connectivity index (χ0) is 9.56. The van der Waals surface area contributed by atoms with Crippen molar-refractivity contribution < 1.29 is 9.53 Å². The van der Waals surface area contributed by atoms with Gasteiger partial charge in [-0.3, -0.25) is 4.79 Å². The smallest absolute Gasteiger partial charge is 0.308 e. The van der Waals surface area contributed by atoms with Crippen molar-refractivity contribution >= 4 is 5.97 Å². The summed E-state index contributed by atoms with van der Waals surface area (Å²) in [6, 6.07) is 0. The maximum absolute atomic E-state index is 11.0. The van der Waals surface area contributed by atoms with Crippen LogP contribution in [-0.4, -0.2) is 13.1 Å². The largest absolute Gasteiger partial charge is 0.469 e. The summed E-state index contributed by atoms with van der Waals surface area (Å²) in [6.45, 7) is 6.28. The van der Waals surface area contributed by atoms with E-state index in [9.17, 15) is 4.79 Å². The van der Waals surface area contributed by atoms with E-state index in [1.807, 2.05) is 6.92 Å². The van der Waals surface area contributed by atoms with E-state index in [0.29, 0.717) is 5.92 Å². The third-order valence-electron chi connectivity index (χ3n) is 2.14. The normalized spacial score (nSPS) is 15.3. The van der Waals surface area contributed by atoms with Gasteiger partial charge in [0.05, 0.1) is 13.0 Å². The zero-order valence-corrected chi connectivity index (χ0v) is 8.59. The van der Waals surface area contributed by atoms with Crippen molar-refractivity contribution in [2.45, 2.75) is 40.0 Å². The Morgan fingerprint density at radius 3 is 2.42 bits per heavy atom. The first-order valence-electron chi connectivity index (χ1n) is 4.69. The van der Waals surface area contributed by atoms with Crippen molar-refractivity contribution in [2.24, 2.45) is 11.8 Å². The number of carbonyl (C=O) groups excluding carboxylic acids is 1. The lowest BCUT2D eigenvalue weighted by Crippen LogP contribution is -2.15. The zero-order valence-electron chi connectivity index (χ0n) is 8.59. The highest BCUT2D eigenvalue weighted by Gasteiger charge is 2.15. The van der Waals surface area contributed by atoms with Crippen LogP contribution in [-0.2, 0) is 9.53 Å². The van der Waals surface area contributed by atoms with Crippen LogP contribution in [0.15, 0.2) is 0 Å². The predicted molar refractivity (Wildman–Crippen MR) is 49.9 cm³/mol. The predicted octanol–water partition coefficient (Wildman–Crippen LogP) is 2.62. The first-order chi connectivity index (χ1) is 5.61. The molecule has 2 nitrogen and oxygen atoms in total.